The average Bonchev–Trinajstić information content (AvgIpc) is 2.89. The normalized spacial score (nSPS) is 12.9. The number of alkyl carbamates (subject to hydrolysis) is 3. The van der Waals surface area contributed by atoms with Crippen LogP contribution in [0.25, 0.3) is 0 Å². The highest BCUT2D eigenvalue weighted by Crippen LogP contribution is 2.11. The lowest BCUT2D eigenvalue weighted by Gasteiger charge is -2.25. The molecule has 0 fully saturated rings. The summed E-state index contributed by atoms with van der Waals surface area (Å²) in [5, 5.41) is 22.3. The maximum atomic E-state index is 13.5. The van der Waals surface area contributed by atoms with Crippen molar-refractivity contribution < 1.29 is 48.1 Å². The number of nitrogens with one attached hydrogen (secondary N) is 5. The van der Waals surface area contributed by atoms with Gasteiger partial charge in [0.05, 0.1) is 0 Å². The van der Waals surface area contributed by atoms with E-state index < -0.39 is 65.0 Å². The number of ether oxygens (including phenoxy) is 3. The predicted molar refractivity (Wildman–Crippen MR) is 180 cm³/mol. The number of aliphatic carboxylic acids is 1. The Morgan fingerprint density at radius 2 is 0.896 bits per heavy atom. The van der Waals surface area contributed by atoms with Gasteiger partial charge in [-0.3, -0.25) is 14.4 Å². The second kappa shape index (κ2) is 22.0. The van der Waals surface area contributed by atoms with Gasteiger partial charge in [-0.05, 0) is 114 Å². The first-order valence-electron chi connectivity index (χ1n) is 16.8. The molecule has 278 valence electrons. The topological polar surface area (TPSA) is 210 Å². The smallest absolute Gasteiger partial charge is 0.408 e. The van der Waals surface area contributed by atoms with Gasteiger partial charge in [0, 0.05) is 26.1 Å². The summed E-state index contributed by atoms with van der Waals surface area (Å²) in [4.78, 5) is 73.9. The molecule has 0 aliphatic carbocycles. The van der Waals surface area contributed by atoms with Crippen molar-refractivity contribution in [3.8, 4) is 0 Å². The Balaban J connectivity index is 5.42. The molecule has 5 amide bonds. The molecule has 0 heterocycles. The Morgan fingerprint density at radius 1 is 0.500 bits per heavy atom. The molecule has 0 aliphatic rings. The maximum absolute atomic E-state index is 13.5. The minimum absolute atomic E-state index is 0.0487. The van der Waals surface area contributed by atoms with E-state index in [0.29, 0.717) is 64.6 Å². The second-order valence-corrected chi connectivity index (χ2v) is 14.6. The zero-order valence-electron chi connectivity index (χ0n) is 30.5. The molecule has 6 N–H and O–H groups in total. The molecule has 15 nitrogen and oxygen atoms in total. The summed E-state index contributed by atoms with van der Waals surface area (Å²) < 4.78 is 15.8. The quantitative estimate of drug-likeness (QED) is 0.0779. The van der Waals surface area contributed by atoms with E-state index in [1.807, 2.05) is 0 Å². The highest BCUT2D eigenvalue weighted by Gasteiger charge is 2.28. The van der Waals surface area contributed by atoms with Gasteiger partial charge < -0.3 is 45.9 Å². The highest BCUT2D eigenvalue weighted by molar-refractivity contribution is 5.91. The summed E-state index contributed by atoms with van der Waals surface area (Å²) >= 11 is 0. The molecule has 0 aromatic carbocycles. The first-order chi connectivity index (χ1) is 22.1. The van der Waals surface area contributed by atoms with E-state index in [1.165, 1.54) is 0 Å². The van der Waals surface area contributed by atoms with Crippen LogP contribution in [0, 0.1) is 0 Å². The van der Waals surface area contributed by atoms with Gasteiger partial charge in [0.15, 0.2) is 0 Å². The third-order valence-electron chi connectivity index (χ3n) is 6.18. The van der Waals surface area contributed by atoms with Gasteiger partial charge in [0.2, 0.25) is 11.8 Å². The first kappa shape index (κ1) is 44.2. The molecular weight excluding hydrogens is 626 g/mol. The van der Waals surface area contributed by atoms with Crippen molar-refractivity contribution in [1.82, 2.24) is 26.6 Å². The van der Waals surface area contributed by atoms with E-state index >= 15 is 0 Å². The lowest BCUT2D eigenvalue weighted by Crippen LogP contribution is -2.54. The van der Waals surface area contributed by atoms with E-state index in [9.17, 15) is 28.8 Å². The Kier molecular flexibility index (Phi) is 20.2. The van der Waals surface area contributed by atoms with Gasteiger partial charge >= 0.3 is 24.2 Å². The summed E-state index contributed by atoms with van der Waals surface area (Å²) in [5.41, 5.74) is -2.07. The molecule has 0 radical (unpaired) electrons. The zero-order chi connectivity index (χ0) is 37.0. The Labute approximate surface area is 285 Å². The minimum atomic E-state index is -1.03. The largest absolute Gasteiger partial charge is 0.481 e. The highest BCUT2D eigenvalue weighted by atomic mass is 16.6. The molecule has 2 unspecified atom stereocenters. The Hall–Kier alpha value is -3.78. The number of carboxylic acid groups (broad SMARTS) is 1. The van der Waals surface area contributed by atoms with E-state index in [1.54, 1.807) is 62.3 Å². The van der Waals surface area contributed by atoms with Gasteiger partial charge in [-0.1, -0.05) is 6.42 Å². The van der Waals surface area contributed by atoms with Gasteiger partial charge in [-0.25, -0.2) is 14.4 Å². The van der Waals surface area contributed by atoms with E-state index in [0.717, 1.165) is 0 Å². The molecule has 0 bridgehead atoms. The second-order valence-electron chi connectivity index (χ2n) is 14.6. The maximum Gasteiger partial charge on any atom is 0.408 e. The van der Waals surface area contributed by atoms with E-state index in [2.05, 4.69) is 26.6 Å². The average molecular weight is 688 g/mol. The molecule has 48 heavy (non-hydrogen) atoms. The molecule has 0 aromatic heterocycles. The van der Waals surface area contributed by atoms with Crippen LogP contribution in [-0.4, -0.2) is 89.7 Å². The van der Waals surface area contributed by atoms with Gasteiger partial charge in [0.25, 0.3) is 0 Å². The number of hydrogen-bond acceptors (Lipinski definition) is 9. The van der Waals surface area contributed by atoms with Gasteiger partial charge in [0.1, 0.15) is 28.9 Å². The van der Waals surface area contributed by atoms with Crippen LogP contribution in [0.1, 0.15) is 127 Å². The summed E-state index contributed by atoms with van der Waals surface area (Å²) in [6, 6.07) is -1.96. The number of amides is 5. The van der Waals surface area contributed by atoms with Crippen molar-refractivity contribution in [3.05, 3.63) is 0 Å². The predicted octanol–water partition coefficient (Wildman–Crippen LogP) is 4.52. The lowest BCUT2D eigenvalue weighted by molar-refractivity contribution is -0.137. The standard InChI is InChI=1S/C33H61N5O10/c1-31(2,3)46-28(43)35-21-15-12-17-23(26(41)34-20-14-10-11-19-25(39)40)37-27(42)24(38-30(45)48-33(7,8)9)18-13-16-22-36-29(44)47-32(4,5)6/h23-24H,10-22H2,1-9H3,(H,34,41)(H,35,43)(H,36,44)(H,37,42)(H,38,45)(H,39,40). The Morgan fingerprint density at radius 3 is 1.33 bits per heavy atom. The first-order valence-corrected chi connectivity index (χ1v) is 16.8. The summed E-state index contributed by atoms with van der Waals surface area (Å²) in [6.45, 7) is 16.6. The van der Waals surface area contributed by atoms with Crippen LogP contribution in [0.2, 0.25) is 0 Å². The summed E-state index contributed by atoms with van der Waals surface area (Å²) in [7, 11) is 0. The fraction of sp³-hybridized carbons (Fsp3) is 0.818. The number of hydrogen-bond donors (Lipinski definition) is 6. The van der Waals surface area contributed by atoms with Crippen LogP contribution in [0.15, 0.2) is 0 Å². The van der Waals surface area contributed by atoms with Crippen molar-refractivity contribution in [2.24, 2.45) is 0 Å². The number of rotatable bonds is 20. The molecule has 15 heteroatoms. The fourth-order valence-electron chi connectivity index (χ4n) is 4.13. The van der Waals surface area contributed by atoms with Crippen LogP contribution >= 0.6 is 0 Å². The van der Waals surface area contributed by atoms with Gasteiger partial charge in [-0.2, -0.15) is 0 Å². The number of unbranched alkanes of at least 4 members (excludes halogenated alkanes) is 4. The summed E-state index contributed by atoms with van der Waals surface area (Å²) in [5.74, 6) is -1.87. The minimum Gasteiger partial charge on any atom is -0.481 e. The number of carbonyl (C=O) groups is 6. The number of carboxylic acids is 1. The Bertz CT molecular complexity index is 1030. The van der Waals surface area contributed by atoms with Crippen molar-refractivity contribution in [2.45, 2.75) is 155 Å². The third kappa shape index (κ3) is 26.3. The van der Waals surface area contributed by atoms with Gasteiger partial charge in [-0.15, -0.1) is 0 Å². The molecule has 0 aromatic rings. The molecule has 0 saturated heterocycles. The van der Waals surface area contributed by atoms with E-state index in [4.69, 9.17) is 19.3 Å². The third-order valence-corrected chi connectivity index (χ3v) is 6.18. The van der Waals surface area contributed by atoms with Crippen molar-refractivity contribution in [1.29, 1.82) is 0 Å². The molecule has 0 aliphatic heterocycles. The molecule has 0 spiro atoms. The monoisotopic (exact) mass is 687 g/mol. The molecule has 0 saturated carbocycles. The SMILES string of the molecule is CC(C)(C)OC(=O)NCCCCC(NC(=O)OC(C)(C)C)C(=O)NC(CCCCNC(=O)OC(C)(C)C)C(=O)NCCCCCC(=O)O. The molecule has 2 atom stereocenters. The van der Waals surface area contributed by atoms with Crippen molar-refractivity contribution in [3.63, 3.8) is 0 Å². The summed E-state index contributed by atoms with van der Waals surface area (Å²) in [6.07, 6.45) is 2.23. The van der Waals surface area contributed by atoms with Crippen LogP contribution in [0.5, 0.6) is 0 Å². The van der Waals surface area contributed by atoms with Crippen LogP contribution in [0.3, 0.4) is 0 Å². The zero-order valence-corrected chi connectivity index (χ0v) is 30.5. The molecule has 0 rings (SSSR count). The van der Waals surface area contributed by atoms with Crippen LogP contribution in [0.4, 0.5) is 14.4 Å². The molecular formula is C33H61N5O10. The fourth-order valence-corrected chi connectivity index (χ4v) is 4.13. The number of carbonyl (C=O) groups excluding carboxylic acids is 5. The van der Waals surface area contributed by atoms with Crippen LogP contribution < -0.4 is 26.6 Å². The lowest BCUT2D eigenvalue weighted by atomic mass is 10.1. The van der Waals surface area contributed by atoms with E-state index in [-0.39, 0.29) is 19.3 Å². The van der Waals surface area contributed by atoms with Crippen LogP contribution in [-0.2, 0) is 28.6 Å². The van der Waals surface area contributed by atoms with Crippen molar-refractivity contribution >= 4 is 36.1 Å². The van der Waals surface area contributed by atoms with Crippen molar-refractivity contribution in [2.75, 3.05) is 19.6 Å².